The summed E-state index contributed by atoms with van der Waals surface area (Å²) in [5, 5.41) is 0. The first-order valence-corrected chi connectivity index (χ1v) is 4.13. The van der Waals surface area contributed by atoms with Crippen molar-refractivity contribution in [3.8, 4) is 5.75 Å². The molecule has 0 fully saturated rings. The molecule has 1 heteroatoms. The van der Waals surface area contributed by atoms with Crippen molar-refractivity contribution in [3.05, 3.63) is 35.7 Å². The molecule has 12 heavy (non-hydrogen) atoms. The molecule has 0 saturated heterocycles. The van der Waals surface area contributed by atoms with E-state index in [9.17, 15) is 0 Å². The fourth-order valence-electron chi connectivity index (χ4n) is 1.34. The number of methoxy groups -OCH3 is 1. The summed E-state index contributed by atoms with van der Waals surface area (Å²) in [4.78, 5) is 0. The van der Waals surface area contributed by atoms with Crippen LogP contribution in [0.1, 0.15) is 16.7 Å². The molecule has 1 aromatic carbocycles. The minimum absolute atomic E-state index is 0.844. The van der Waals surface area contributed by atoms with Crippen LogP contribution in [0.3, 0.4) is 0 Å². The van der Waals surface area contributed by atoms with Gasteiger partial charge in [0.15, 0.2) is 0 Å². The van der Waals surface area contributed by atoms with Gasteiger partial charge in [0, 0.05) is 0 Å². The lowest BCUT2D eigenvalue weighted by molar-refractivity contribution is 0.411. The van der Waals surface area contributed by atoms with Crippen molar-refractivity contribution in [1.29, 1.82) is 0 Å². The molecule has 0 heterocycles. The Kier molecular flexibility index (Phi) is 2.74. The van der Waals surface area contributed by atoms with Gasteiger partial charge in [-0.1, -0.05) is 6.07 Å². The summed E-state index contributed by atoms with van der Waals surface area (Å²) in [6.07, 6.45) is 0.844. The minimum atomic E-state index is 0.844. The fourth-order valence-corrected chi connectivity index (χ4v) is 1.34. The Morgan fingerprint density at radius 1 is 1.25 bits per heavy atom. The topological polar surface area (TPSA) is 9.23 Å². The highest BCUT2D eigenvalue weighted by Crippen LogP contribution is 2.23. The van der Waals surface area contributed by atoms with E-state index in [2.05, 4.69) is 26.8 Å². The second-order valence-electron chi connectivity index (χ2n) is 2.93. The standard InChI is InChI=1S/C11H15O/c1-5-10-6-7-11(12-4)9(3)8(10)2/h6-7H,1,5H2,2-4H3. The van der Waals surface area contributed by atoms with Gasteiger partial charge in [-0.05, 0) is 49.9 Å². The van der Waals surface area contributed by atoms with E-state index in [4.69, 9.17) is 4.74 Å². The van der Waals surface area contributed by atoms with E-state index < -0.39 is 0 Å². The fraction of sp³-hybridized carbons (Fsp3) is 0.364. The van der Waals surface area contributed by atoms with Crippen LogP contribution in [0.2, 0.25) is 0 Å². The highest BCUT2D eigenvalue weighted by Gasteiger charge is 2.03. The first kappa shape index (κ1) is 9.11. The molecule has 0 spiro atoms. The SMILES string of the molecule is [CH2]Cc1ccc(OC)c(C)c1C. The van der Waals surface area contributed by atoms with Crippen LogP contribution in [0.25, 0.3) is 0 Å². The van der Waals surface area contributed by atoms with Crippen LogP contribution < -0.4 is 4.74 Å². The van der Waals surface area contributed by atoms with Gasteiger partial charge < -0.3 is 4.74 Å². The molecule has 1 nitrogen and oxygen atoms in total. The molecule has 0 aliphatic carbocycles. The zero-order chi connectivity index (χ0) is 9.14. The summed E-state index contributed by atoms with van der Waals surface area (Å²) in [5.41, 5.74) is 3.82. The van der Waals surface area contributed by atoms with Crippen molar-refractivity contribution in [2.24, 2.45) is 0 Å². The van der Waals surface area contributed by atoms with E-state index in [0.29, 0.717) is 0 Å². The normalized spacial score (nSPS) is 10.0. The van der Waals surface area contributed by atoms with Crippen molar-refractivity contribution in [2.75, 3.05) is 7.11 Å². The smallest absolute Gasteiger partial charge is 0.122 e. The molecule has 65 valence electrons. The van der Waals surface area contributed by atoms with Crippen LogP contribution >= 0.6 is 0 Å². The average molecular weight is 163 g/mol. The van der Waals surface area contributed by atoms with Crippen molar-refractivity contribution in [2.45, 2.75) is 20.3 Å². The van der Waals surface area contributed by atoms with Gasteiger partial charge in [0.2, 0.25) is 0 Å². The largest absolute Gasteiger partial charge is 0.496 e. The molecule has 1 rings (SSSR count). The van der Waals surface area contributed by atoms with E-state index in [1.807, 2.05) is 6.07 Å². The van der Waals surface area contributed by atoms with E-state index in [0.717, 1.165) is 12.2 Å². The molecule has 0 atom stereocenters. The summed E-state index contributed by atoms with van der Waals surface area (Å²) in [7, 11) is 1.70. The predicted octanol–water partition coefficient (Wildman–Crippen LogP) is 2.69. The van der Waals surface area contributed by atoms with Crippen molar-refractivity contribution in [1.82, 2.24) is 0 Å². The molecular formula is C11H15O. The maximum atomic E-state index is 5.20. The van der Waals surface area contributed by atoms with Crippen molar-refractivity contribution >= 4 is 0 Å². The third-order valence-corrected chi connectivity index (χ3v) is 2.34. The van der Waals surface area contributed by atoms with E-state index >= 15 is 0 Å². The second kappa shape index (κ2) is 3.61. The Bertz CT molecular complexity index is 248. The molecule has 0 aromatic heterocycles. The van der Waals surface area contributed by atoms with Gasteiger partial charge in [0.05, 0.1) is 7.11 Å². The number of benzene rings is 1. The Hall–Kier alpha value is -0.980. The molecule has 0 bridgehead atoms. The molecule has 0 aliphatic rings. The lowest BCUT2D eigenvalue weighted by atomic mass is 10.0. The van der Waals surface area contributed by atoms with E-state index in [-0.39, 0.29) is 0 Å². The van der Waals surface area contributed by atoms with Crippen LogP contribution in [0.15, 0.2) is 12.1 Å². The maximum Gasteiger partial charge on any atom is 0.122 e. The van der Waals surface area contributed by atoms with Crippen LogP contribution in [0, 0.1) is 20.8 Å². The van der Waals surface area contributed by atoms with E-state index in [1.165, 1.54) is 16.7 Å². The Morgan fingerprint density at radius 2 is 1.92 bits per heavy atom. The lowest BCUT2D eigenvalue weighted by Crippen LogP contribution is -1.94. The monoisotopic (exact) mass is 163 g/mol. The van der Waals surface area contributed by atoms with Gasteiger partial charge in [-0.3, -0.25) is 0 Å². The molecule has 1 aromatic rings. The summed E-state index contributed by atoms with van der Waals surface area (Å²) >= 11 is 0. The molecule has 1 radical (unpaired) electrons. The Balaban J connectivity index is 3.20. The lowest BCUT2D eigenvalue weighted by Gasteiger charge is -2.10. The van der Waals surface area contributed by atoms with Gasteiger partial charge in [-0.25, -0.2) is 0 Å². The van der Waals surface area contributed by atoms with E-state index in [1.54, 1.807) is 7.11 Å². The summed E-state index contributed by atoms with van der Waals surface area (Å²) < 4.78 is 5.20. The highest BCUT2D eigenvalue weighted by molar-refractivity contribution is 5.43. The first-order valence-electron chi connectivity index (χ1n) is 4.13. The number of hydrogen-bond acceptors (Lipinski definition) is 1. The Labute approximate surface area is 74.4 Å². The second-order valence-corrected chi connectivity index (χ2v) is 2.93. The van der Waals surface area contributed by atoms with Gasteiger partial charge in [-0.15, -0.1) is 0 Å². The maximum absolute atomic E-state index is 5.20. The Morgan fingerprint density at radius 3 is 2.42 bits per heavy atom. The third kappa shape index (κ3) is 1.45. The molecule has 0 aliphatic heterocycles. The minimum Gasteiger partial charge on any atom is -0.496 e. The molecule has 0 unspecified atom stereocenters. The summed E-state index contributed by atoms with van der Waals surface area (Å²) in [6, 6.07) is 4.08. The molecular weight excluding hydrogens is 148 g/mol. The van der Waals surface area contributed by atoms with Crippen molar-refractivity contribution in [3.63, 3.8) is 0 Å². The zero-order valence-corrected chi connectivity index (χ0v) is 7.98. The number of rotatable bonds is 2. The van der Waals surface area contributed by atoms with Gasteiger partial charge >= 0.3 is 0 Å². The van der Waals surface area contributed by atoms with Gasteiger partial charge in [-0.2, -0.15) is 0 Å². The van der Waals surface area contributed by atoms with Crippen LogP contribution in [0.4, 0.5) is 0 Å². The van der Waals surface area contributed by atoms with Gasteiger partial charge in [0.25, 0.3) is 0 Å². The third-order valence-electron chi connectivity index (χ3n) is 2.34. The molecule has 0 N–H and O–H groups in total. The number of hydrogen-bond donors (Lipinski definition) is 0. The van der Waals surface area contributed by atoms with Crippen LogP contribution in [0.5, 0.6) is 5.75 Å². The predicted molar refractivity (Wildman–Crippen MR) is 51.5 cm³/mol. The van der Waals surface area contributed by atoms with Crippen LogP contribution in [-0.2, 0) is 6.42 Å². The molecule has 0 saturated carbocycles. The van der Waals surface area contributed by atoms with Crippen LogP contribution in [-0.4, -0.2) is 7.11 Å². The van der Waals surface area contributed by atoms with Crippen molar-refractivity contribution < 1.29 is 4.74 Å². The highest BCUT2D eigenvalue weighted by atomic mass is 16.5. The van der Waals surface area contributed by atoms with Gasteiger partial charge in [0.1, 0.15) is 5.75 Å². The first-order chi connectivity index (χ1) is 5.70. The number of ether oxygens (including phenoxy) is 1. The quantitative estimate of drug-likeness (QED) is 0.651. The zero-order valence-electron chi connectivity index (χ0n) is 7.98. The summed E-state index contributed by atoms with van der Waals surface area (Å²) in [5.74, 6) is 0.963. The molecule has 0 amide bonds. The average Bonchev–Trinajstić information content (AvgIpc) is 2.10. The summed E-state index contributed by atoms with van der Waals surface area (Å²) in [6.45, 7) is 8.06.